The second-order valence-corrected chi connectivity index (χ2v) is 34.1. The van der Waals surface area contributed by atoms with Crippen molar-refractivity contribution >= 4 is 70.9 Å². The number of hydrogen-bond donors (Lipinski definition) is 7. The van der Waals surface area contributed by atoms with Crippen molar-refractivity contribution in [1.82, 2.24) is 24.5 Å². The summed E-state index contributed by atoms with van der Waals surface area (Å²) in [6.07, 6.45) is 24.5. The Hall–Kier alpha value is -11.6. The Balaban J connectivity index is 0.000000573. The van der Waals surface area contributed by atoms with Gasteiger partial charge in [-0.25, -0.2) is 9.59 Å². The number of amides is 4. The molecule has 7 fully saturated rings. The predicted octanol–water partition coefficient (Wildman–Crippen LogP) is 29.0. The molecule has 19 rings (SSSR count). The lowest BCUT2D eigenvalue weighted by Crippen LogP contribution is -2.48. The summed E-state index contributed by atoms with van der Waals surface area (Å²) in [4.78, 5) is 69.1. The number of piperidine rings is 5. The first kappa shape index (κ1) is 130. The average Bonchev–Trinajstić information content (AvgIpc) is 1.63. The maximum Gasteiger partial charge on any atom is 0.410 e. The number of nitrogens with zero attached hydrogens (tertiary/aromatic N) is 5. The number of aliphatic hydroxyl groups is 1. The number of nitrogens with two attached hydrogens (primary N) is 2. The van der Waals surface area contributed by atoms with Gasteiger partial charge in [-0.2, -0.15) is 0 Å². The van der Waals surface area contributed by atoms with E-state index in [1.807, 2.05) is 361 Å². The van der Waals surface area contributed by atoms with Gasteiger partial charge in [-0.3, -0.25) is 15.4 Å². The van der Waals surface area contributed by atoms with Crippen molar-refractivity contribution in [2.75, 3.05) is 125 Å². The van der Waals surface area contributed by atoms with E-state index >= 15 is 0 Å². The van der Waals surface area contributed by atoms with E-state index in [9.17, 15) is 29.1 Å². The number of carbonyl (C=O) groups is 5. The first-order valence-corrected chi connectivity index (χ1v) is 55.5. The minimum atomic E-state index is -0.315. The monoisotopic (exact) mass is 1990 g/mol. The lowest BCUT2D eigenvalue weighted by atomic mass is 9.71. The number of para-hydroxylation sites is 5. The maximum atomic E-state index is 12.5. The molecule has 9 aromatic rings. The molecule has 20 heteroatoms. The molecular formula is C125H191N11O9. The van der Waals surface area contributed by atoms with Crippen molar-refractivity contribution < 1.29 is 43.3 Å². The van der Waals surface area contributed by atoms with Crippen LogP contribution in [0, 0.1) is 17.8 Å². The zero-order valence-corrected chi connectivity index (χ0v) is 93.3. The van der Waals surface area contributed by atoms with Gasteiger partial charge in [0.25, 0.3) is 0 Å². The smallest absolute Gasteiger partial charge is 0.410 e. The van der Waals surface area contributed by atoms with Crippen LogP contribution in [0.4, 0.5) is 38.0 Å². The van der Waals surface area contributed by atoms with Gasteiger partial charge in [0.2, 0.25) is 11.8 Å². The fourth-order valence-corrected chi connectivity index (χ4v) is 18.5. The molecule has 3 spiro atoms. The number of β-amino-alcohol motifs (C(OH)–C–C–N with tert-alkyl or cyclic N) is 1. The molecule has 1 aliphatic carbocycles. The molecule has 0 radical (unpaired) electrons. The van der Waals surface area contributed by atoms with Crippen molar-refractivity contribution in [3.63, 3.8) is 0 Å². The number of nitrogens with one attached hydrogen (secondary N) is 4. The number of aldehydes is 1. The van der Waals surface area contributed by atoms with Crippen molar-refractivity contribution in [2.24, 2.45) is 23.6 Å². The van der Waals surface area contributed by atoms with E-state index in [1.54, 1.807) is 22.6 Å². The summed E-state index contributed by atoms with van der Waals surface area (Å²) < 4.78 is 16.0. The highest BCUT2D eigenvalue weighted by molar-refractivity contribution is 5.92. The standard InChI is InChI=1S/C28H35N3O2.C20H22N2O2.C16H19NO2.C14H17NO3.C13H17N.C6H8N2.C6H7N.11C2H6/c32-26(20-30-18-14-28(15-19-30)21-29-25-9-5-4-8-24(25)28)23-12-16-31(17-13-23)27(33)11-10-22-6-2-1-3-7-22;23-19(24-14-16-6-2-1-3-7-16)22-12-10-20(11-13-22)15-21-18-9-5-4-8-17(18)20;18-16(7-6-13-4-2-1-3-5-13)17-10-8-14(9-11-17)15-12-19-15;16-10-12-6-8-15(9-7-12)14(17)18-11-13-4-2-1-3-5-13;1-4-8-13(9-5-1)10-14-12-7-3-2-6-11(12)13;7-8-6-4-2-1-3-5-6;7-6-4-2-1-3-5-6;11*1-2/h1-11,23,26,29,32H,12-21H2;1-9,21H,10-15H2;1-7,14-15H,8-12H2;1-5,10,12H,6-9,11H2;2-3,6-7,14H,1,4-5,8-10H2;1-5,8H,7H2;1-5H,7H2;11*1-2H3/b11-10+;;7-6+;;;;;;;;;;;;;;;. The molecule has 0 aromatic heterocycles. The number of nitrogen functional groups attached to an aromatic ring is 2. The minimum Gasteiger partial charge on any atom is -0.445 e. The van der Waals surface area contributed by atoms with Crippen LogP contribution in [0.3, 0.4) is 0 Å². The van der Waals surface area contributed by atoms with Crippen LogP contribution in [0.1, 0.15) is 288 Å². The van der Waals surface area contributed by atoms with Gasteiger partial charge in [0.05, 0.1) is 18.8 Å². The summed E-state index contributed by atoms with van der Waals surface area (Å²) >= 11 is 0. The largest absolute Gasteiger partial charge is 0.445 e. The highest BCUT2D eigenvalue weighted by Crippen LogP contribution is 2.48. The summed E-state index contributed by atoms with van der Waals surface area (Å²) in [5.74, 6) is 6.34. The third-order valence-corrected chi connectivity index (χ3v) is 26.1. The zero-order valence-electron chi connectivity index (χ0n) is 93.3. The van der Waals surface area contributed by atoms with Crippen molar-refractivity contribution in [1.29, 1.82) is 0 Å². The van der Waals surface area contributed by atoms with Crippen LogP contribution in [0.5, 0.6) is 0 Å². The number of hydrazine groups is 1. The number of fused-ring (bicyclic) bond motifs is 6. The normalized spacial score (nSPS) is 16.7. The molecule has 20 nitrogen and oxygen atoms in total. The highest BCUT2D eigenvalue weighted by Gasteiger charge is 2.45. The molecule has 2 unspecified atom stereocenters. The molecule has 9 heterocycles. The highest BCUT2D eigenvalue weighted by atomic mass is 16.6. The number of likely N-dealkylation sites (tertiary alicyclic amines) is 5. The van der Waals surface area contributed by atoms with Crippen molar-refractivity contribution in [3.05, 3.63) is 306 Å². The lowest BCUT2D eigenvalue weighted by molar-refractivity contribution is -0.128. The third kappa shape index (κ3) is 44.7. The molecule has 6 saturated heterocycles. The fraction of sp³-hybridized carbons (Fsp3) is 0.496. The molecule has 1 saturated carbocycles. The summed E-state index contributed by atoms with van der Waals surface area (Å²) in [6.45, 7) is 57.5. The quantitative estimate of drug-likeness (QED) is 0.0133. The number of epoxide rings is 1. The van der Waals surface area contributed by atoms with E-state index in [1.165, 1.54) is 66.8 Å². The molecule has 9 aromatic carbocycles. The number of ether oxygens (including phenoxy) is 3. The molecule has 9 aliphatic heterocycles. The molecule has 10 aliphatic rings. The number of carbonyl (C=O) groups excluding carboxylic acids is 5. The van der Waals surface area contributed by atoms with Gasteiger partial charge >= 0.3 is 12.2 Å². The van der Waals surface area contributed by atoms with Gasteiger partial charge < -0.3 is 75.7 Å². The molecule has 145 heavy (non-hydrogen) atoms. The van der Waals surface area contributed by atoms with Crippen LogP contribution in [-0.2, 0) is 58.1 Å². The summed E-state index contributed by atoms with van der Waals surface area (Å²) in [7, 11) is 0. The van der Waals surface area contributed by atoms with Gasteiger partial charge in [-0.1, -0.05) is 384 Å². The van der Waals surface area contributed by atoms with Gasteiger partial charge in [-0.05, 0) is 196 Å². The molecule has 2 atom stereocenters. The minimum absolute atomic E-state index is 0.0681. The Morgan fingerprint density at radius 1 is 0.393 bits per heavy atom. The van der Waals surface area contributed by atoms with E-state index in [2.05, 4.69) is 99.1 Å². The van der Waals surface area contributed by atoms with Crippen molar-refractivity contribution in [3.8, 4) is 0 Å². The van der Waals surface area contributed by atoms with Crippen LogP contribution in [-0.4, -0.2) is 170 Å². The predicted molar refractivity (Wildman–Crippen MR) is 618 cm³/mol. The van der Waals surface area contributed by atoms with Gasteiger partial charge in [0.1, 0.15) is 19.5 Å². The molecule has 9 N–H and O–H groups in total. The van der Waals surface area contributed by atoms with Gasteiger partial charge in [0.15, 0.2) is 0 Å². The number of rotatable bonds is 14. The zero-order chi connectivity index (χ0) is 107. The average molecular weight is 1990 g/mol. The summed E-state index contributed by atoms with van der Waals surface area (Å²) in [5.41, 5.74) is 23.1. The van der Waals surface area contributed by atoms with E-state index in [4.69, 9.17) is 25.8 Å². The van der Waals surface area contributed by atoms with Crippen LogP contribution in [0.25, 0.3) is 12.2 Å². The second kappa shape index (κ2) is 78.8. The van der Waals surface area contributed by atoms with Gasteiger partial charge in [0, 0.05) is 141 Å². The Morgan fingerprint density at radius 3 is 1.04 bits per heavy atom. The van der Waals surface area contributed by atoms with Crippen LogP contribution in [0.15, 0.2) is 267 Å². The number of benzene rings is 9. The number of aliphatic hydroxyl groups excluding tert-OH is 1. The SMILES string of the molecule is CC.CC.CC.CC.CC.CC.CC.CC.CC.CC.CC.NNc1ccccc1.Nc1ccccc1.O=C(/C=C/c1ccccc1)N1CCC(C(O)CN2CCC3(CC2)CNc2ccccc23)CC1.O=C(/C=C/c1ccccc1)N1CCC(C2CO2)CC1.O=C(OCc1ccccc1)N1CCC2(CC1)CNc1ccccc12.O=CC1CCN(C(=O)OCc2ccccc2)CC1.c1ccc2c(c1)NCC21CCCCC1. The number of anilines is 5. The molecule has 4 amide bonds. The van der Waals surface area contributed by atoms with E-state index < -0.39 is 0 Å². The summed E-state index contributed by atoms with van der Waals surface area (Å²) in [5, 5.41) is 21.6. The first-order chi connectivity index (χ1) is 71.2. The Kier molecular flexibility index (Phi) is 70.4. The van der Waals surface area contributed by atoms with Crippen LogP contribution < -0.4 is 33.0 Å². The van der Waals surface area contributed by atoms with Crippen molar-refractivity contribution in [2.45, 2.75) is 290 Å². The molecule has 800 valence electrons. The first-order valence-electron chi connectivity index (χ1n) is 55.5. The number of hydrogen-bond acceptors (Lipinski definition) is 16. The maximum absolute atomic E-state index is 12.5. The van der Waals surface area contributed by atoms with Crippen LogP contribution >= 0.6 is 0 Å². The Bertz CT molecular complexity index is 4770. The molecule has 0 bridgehead atoms. The lowest BCUT2D eigenvalue weighted by Gasteiger charge is -2.41. The molecular weight excluding hydrogens is 1800 g/mol. The summed E-state index contributed by atoms with van der Waals surface area (Å²) in [6, 6.07) is 84.5. The Labute approximate surface area is 878 Å². The second-order valence-electron chi connectivity index (χ2n) is 34.1. The Morgan fingerprint density at radius 2 is 0.703 bits per heavy atom. The van der Waals surface area contributed by atoms with E-state index in [0.717, 1.165) is 183 Å². The van der Waals surface area contributed by atoms with E-state index in [-0.39, 0.29) is 52.8 Å². The third-order valence-electron chi connectivity index (χ3n) is 26.1. The fourth-order valence-electron chi connectivity index (χ4n) is 18.5. The van der Waals surface area contributed by atoms with Crippen LogP contribution in [0.2, 0.25) is 0 Å². The topological polar surface area (TPSA) is 253 Å². The van der Waals surface area contributed by atoms with E-state index in [0.29, 0.717) is 43.7 Å². The van der Waals surface area contributed by atoms with Gasteiger partial charge in [-0.15, -0.1) is 0 Å².